The van der Waals surface area contributed by atoms with Crippen molar-refractivity contribution < 1.29 is 26.3 Å². The Labute approximate surface area is 234 Å². The average Bonchev–Trinajstić information content (AvgIpc) is 2.86. The summed E-state index contributed by atoms with van der Waals surface area (Å²) < 4.78 is 79.5. The minimum absolute atomic E-state index is 0.237. The van der Waals surface area contributed by atoms with Crippen molar-refractivity contribution in [2.75, 3.05) is 6.54 Å². The van der Waals surface area contributed by atoms with E-state index < -0.39 is 23.5 Å². The molecule has 0 aliphatic carbocycles. The first-order valence-corrected chi connectivity index (χ1v) is 13.8. The zero-order chi connectivity index (χ0) is 29.7. The lowest BCUT2D eigenvalue weighted by Crippen LogP contribution is -2.25. The van der Waals surface area contributed by atoms with E-state index in [2.05, 4.69) is 45.6 Å². The van der Waals surface area contributed by atoms with E-state index in [0.717, 1.165) is 47.7 Å². The van der Waals surface area contributed by atoms with Crippen LogP contribution in [0.3, 0.4) is 0 Å². The zero-order valence-electron chi connectivity index (χ0n) is 23.8. The molecule has 40 heavy (non-hydrogen) atoms. The van der Waals surface area contributed by atoms with Gasteiger partial charge in [-0.25, -0.2) is 0 Å². The lowest BCUT2D eigenvalue weighted by molar-refractivity contribution is -0.138. The summed E-state index contributed by atoms with van der Waals surface area (Å²) in [7, 11) is 0. The monoisotopic (exact) mass is 563 g/mol. The maximum Gasteiger partial charge on any atom is 0.416 e. The highest BCUT2D eigenvalue weighted by molar-refractivity contribution is 5.66. The number of alkyl halides is 6. The van der Waals surface area contributed by atoms with Crippen LogP contribution in [0.5, 0.6) is 0 Å². The van der Waals surface area contributed by atoms with Gasteiger partial charge in [0.2, 0.25) is 0 Å². The molecule has 0 aromatic heterocycles. The maximum absolute atomic E-state index is 13.3. The fraction of sp³-hybridized carbons (Fsp3) is 0.455. The molecular weight excluding hydrogens is 524 g/mol. The van der Waals surface area contributed by atoms with Gasteiger partial charge in [-0.2, -0.15) is 26.3 Å². The Hall–Kier alpha value is -2.80. The molecule has 0 radical (unpaired) electrons. The molecule has 0 saturated heterocycles. The van der Waals surface area contributed by atoms with Crippen molar-refractivity contribution in [3.8, 4) is 11.1 Å². The lowest BCUT2D eigenvalue weighted by atomic mass is 9.88. The smallest absolute Gasteiger partial charge is 0.295 e. The second-order valence-electron chi connectivity index (χ2n) is 11.7. The number of rotatable bonds is 11. The molecule has 0 saturated carbocycles. The van der Waals surface area contributed by atoms with Gasteiger partial charge in [0.1, 0.15) is 0 Å². The largest absolute Gasteiger partial charge is 0.416 e. The third-order valence-corrected chi connectivity index (χ3v) is 7.04. The van der Waals surface area contributed by atoms with Gasteiger partial charge in [0.15, 0.2) is 0 Å². The van der Waals surface area contributed by atoms with Crippen LogP contribution in [0.1, 0.15) is 81.2 Å². The lowest BCUT2D eigenvalue weighted by Gasteiger charge is -2.25. The Bertz CT molecular complexity index is 1220. The standard InChI is InChI=1S/C33H39F6N/c1-22(2)13-14-40(20-25-7-6-8-31(18-25)33(37,38)39)21-26-16-28(24(5)15-23(3)4)19-29(17-26)27-9-11-30(12-10-27)32(34,35)36/h6-12,16-19,22-24H,13-15,20-21H2,1-5H3. The minimum atomic E-state index is -4.41. The summed E-state index contributed by atoms with van der Waals surface area (Å²) in [6.45, 7) is 12.2. The van der Waals surface area contributed by atoms with Crippen molar-refractivity contribution in [3.05, 3.63) is 94.5 Å². The van der Waals surface area contributed by atoms with Crippen LogP contribution in [0.15, 0.2) is 66.7 Å². The van der Waals surface area contributed by atoms with Crippen molar-refractivity contribution in [1.82, 2.24) is 4.90 Å². The Balaban J connectivity index is 1.98. The van der Waals surface area contributed by atoms with E-state index in [1.807, 2.05) is 12.1 Å². The molecule has 1 nitrogen and oxygen atoms in total. The second-order valence-corrected chi connectivity index (χ2v) is 11.7. The summed E-state index contributed by atoms with van der Waals surface area (Å²) in [6.07, 6.45) is -6.97. The van der Waals surface area contributed by atoms with Gasteiger partial charge in [-0.1, -0.05) is 77.1 Å². The van der Waals surface area contributed by atoms with Crippen LogP contribution in [0.4, 0.5) is 26.3 Å². The number of hydrogen-bond acceptors (Lipinski definition) is 1. The van der Waals surface area contributed by atoms with Gasteiger partial charge in [-0.15, -0.1) is 0 Å². The number of nitrogens with zero attached hydrogens (tertiary/aromatic N) is 1. The Morgan fingerprint density at radius 2 is 1.25 bits per heavy atom. The molecule has 0 aliphatic rings. The molecule has 0 aliphatic heterocycles. The van der Waals surface area contributed by atoms with E-state index in [1.54, 1.807) is 6.07 Å². The highest BCUT2D eigenvalue weighted by atomic mass is 19.4. The third-order valence-electron chi connectivity index (χ3n) is 7.04. The van der Waals surface area contributed by atoms with Crippen LogP contribution in [-0.2, 0) is 25.4 Å². The van der Waals surface area contributed by atoms with Gasteiger partial charge in [0.05, 0.1) is 11.1 Å². The first-order valence-electron chi connectivity index (χ1n) is 13.8. The molecule has 0 bridgehead atoms. The van der Waals surface area contributed by atoms with Crippen LogP contribution >= 0.6 is 0 Å². The van der Waals surface area contributed by atoms with E-state index in [4.69, 9.17) is 0 Å². The molecule has 218 valence electrons. The molecule has 3 aromatic rings. The summed E-state index contributed by atoms with van der Waals surface area (Å²) >= 11 is 0. The summed E-state index contributed by atoms with van der Waals surface area (Å²) in [5.41, 5.74) is 2.84. The maximum atomic E-state index is 13.3. The van der Waals surface area contributed by atoms with Gasteiger partial charge < -0.3 is 0 Å². The van der Waals surface area contributed by atoms with E-state index in [0.29, 0.717) is 42.6 Å². The molecular formula is C33H39F6N. The molecule has 1 unspecified atom stereocenters. The number of halogens is 6. The van der Waals surface area contributed by atoms with Gasteiger partial charge in [0.25, 0.3) is 0 Å². The summed E-state index contributed by atoms with van der Waals surface area (Å²) in [5.74, 6) is 1.13. The average molecular weight is 564 g/mol. The first-order chi connectivity index (χ1) is 18.6. The number of hydrogen-bond donors (Lipinski definition) is 0. The zero-order valence-corrected chi connectivity index (χ0v) is 23.8. The number of benzene rings is 3. The first kappa shape index (κ1) is 31.7. The Morgan fingerprint density at radius 1 is 0.625 bits per heavy atom. The van der Waals surface area contributed by atoms with Crippen LogP contribution in [0.2, 0.25) is 0 Å². The van der Waals surface area contributed by atoms with E-state index in [9.17, 15) is 26.3 Å². The molecule has 0 fully saturated rings. The highest BCUT2D eigenvalue weighted by Crippen LogP contribution is 2.34. The van der Waals surface area contributed by atoms with Crippen molar-refractivity contribution >= 4 is 0 Å². The normalized spacial score (nSPS) is 13.4. The molecule has 1 atom stereocenters. The van der Waals surface area contributed by atoms with E-state index in [1.165, 1.54) is 24.3 Å². The van der Waals surface area contributed by atoms with Crippen LogP contribution in [0.25, 0.3) is 11.1 Å². The van der Waals surface area contributed by atoms with Crippen LogP contribution < -0.4 is 0 Å². The quantitative estimate of drug-likeness (QED) is 0.210. The summed E-state index contributed by atoms with van der Waals surface area (Å²) in [5, 5.41) is 0. The van der Waals surface area contributed by atoms with Gasteiger partial charge >= 0.3 is 12.4 Å². The van der Waals surface area contributed by atoms with Crippen molar-refractivity contribution in [2.45, 2.75) is 78.8 Å². The third kappa shape index (κ3) is 9.39. The highest BCUT2D eigenvalue weighted by Gasteiger charge is 2.31. The minimum Gasteiger partial charge on any atom is -0.295 e. The SMILES string of the molecule is CC(C)CCN(Cc1cc(-c2ccc(C(F)(F)F)cc2)cc(C(C)CC(C)C)c1)Cc1cccc(C(F)(F)F)c1. The van der Waals surface area contributed by atoms with Gasteiger partial charge in [-0.05, 0) is 89.2 Å². The van der Waals surface area contributed by atoms with Crippen molar-refractivity contribution in [3.63, 3.8) is 0 Å². The Kier molecular flexibility index (Phi) is 10.5. The molecule has 3 rings (SSSR count). The summed E-state index contributed by atoms with van der Waals surface area (Å²) in [6, 6.07) is 16.8. The molecule has 0 N–H and O–H groups in total. The predicted molar refractivity (Wildman–Crippen MR) is 150 cm³/mol. The van der Waals surface area contributed by atoms with E-state index >= 15 is 0 Å². The van der Waals surface area contributed by atoms with Crippen LogP contribution in [0, 0.1) is 11.8 Å². The fourth-order valence-corrected chi connectivity index (χ4v) is 4.97. The fourth-order valence-electron chi connectivity index (χ4n) is 4.97. The molecule has 0 amide bonds. The van der Waals surface area contributed by atoms with Crippen molar-refractivity contribution in [2.24, 2.45) is 11.8 Å². The Morgan fingerprint density at radius 3 is 1.82 bits per heavy atom. The summed E-state index contributed by atoms with van der Waals surface area (Å²) in [4.78, 5) is 2.15. The molecule has 0 heterocycles. The van der Waals surface area contributed by atoms with Gasteiger partial charge in [-0.3, -0.25) is 4.90 Å². The van der Waals surface area contributed by atoms with E-state index in [-0.39, 0.29) is 5.92 Å². The van der Waals surface area contributed by atoms with Crippen molar-refractivity contribution in [1.29, 1.82) is 0 Å². The topological polar surface area (TPSA) is 3.24 Å². The van der Waals surface area contributed by atoms with Gasteiger partial charge in [0, 0.05) is 13.1 Å². The molecule has 3 aromatic carbocycles. The molecule has 0 spiro atoms. The second kappa shape index (κ2) is 13.2. The molecule has 7 heteroatoms. The van der Waals surface area contributed by atoms with Crippen LogP contribution in [-0.4, -0.2) is 11.4 Å². The predicted octanol–water partition coefficient (Wildman–Crippen LogP) is 10.6.